The number of halogens is 1. The van der Waals surface area contributed by atoms with Gasteiger partial charge in [0.2, 0.25) is 5.91 Å². The number of anilines is 2. The number of guanidine groups is 1. The lowest BCUT2D eigenvalue weighted by atomic mass is 10.1. The average Bonchev–Trinajstić information content (AvgIpc) is 2.55. The lowest BCUT2D eigenvalue weighted by molar-refractivity contribution is -0.114. The van der Waals surface area contributed by atoms with Crippen LogP contribution in [0, 0.1) is 5.82 Å². The first-order valence-corrected chi connectivity index (χ1v) is 7.28. The van der Waals surface area contributed by atoms with Gasteiger partial charge in [-0.3, -0.25) is 4.79 Å². The fourth-order valence-corrected chi connectivity index (χ4v) is 1.95. The Bertz CT molecular complexity index is 698. The molecule has 0 unspecified atom stereocenters. The number of aliphatic imine (C=N–C) groups is 1. The molecule has 5 nitrogen and oxygen atoms in total. The molecule has 6 heteroatoms. The first-order chi connectivity index (χ1) is 11.1. The maximum Gasteiger partial charge on any atom is 0.246 e. The molecular formula is C17H19FN4O. The topological polar surface area (TPSA) is 79.5 Å². The van der Waals surface area contributed by atoms with Crippen LogP contribution in [0.15, 0.2) is 53.5 Å². The van der Waals surface area contributed by atoms with Crippen LogP contribution in [0.4, 0.5) is 15.8 Å². The number of nitrogens with two attached hydrogens (primary N) is 1. The molecule has 0 fully saturated rings. The summed E-state index contributed by atoms with van der Waals surface area (Å²) in [5, 5.41) is 5.55. The predicted molar refractivity (Wildman–Crippen MR) is 91.0 cm³/mol. The summed E-state index contributed by atoms with van der Waals surface area (Å²) in [4.78, 5) is 15.7. The van der Waals surface area contributed by atoms with Gasteiger partial charge in [0.15, 0.2) is 5.96 Å². The molecule has 0 atom stereocenters. The van der Waals surface area contributed by atoms with Crippen molar-refractivity contribution >= 4 is 23.2 Å². The highest BCUT2D eigenvalue weighted by molar-refractivity contribution is 5.97. The van der Waals surface area contributed by atoms with Crippen LogP contribution in [-0.4, -0.2) is 18.4 Å². The third kappa shape index (κ3) is 5.43. The molecule has 23 heavy (non-hydrogen) atoms. The molecule has 0 radical (unpaired) electrons. The van der Waals surface area contributed by atoms with E-state index in [9.17, 15) is 9.18 Å². The average molecular weight is 314 g/mol. The molecule has 0 aliphatic carbocycles. The molecule has 2 aromatic rings. The third-order valence-corrected chi connectivity index (χ3v) is 3.13. The number of rotatable bonds is 5. The smallest absolute Gasteiger partial charge is 0.246 e. The molecule has 4 N–H and O–H groups in total. The van der Waals surface area contributed by atoms with Gasteiger partial charge >= 0.3 is 0 Å². The Morgan fingerprint density at radius 3 is 2.57 bits per heavy atom. The van der Waals surface area contributed by atoms with Crippen molar-refractivity contribution in [2.24, 2.45) is 10.7 Å². The number of nitrogens with one attached hydrogen (secondary N) is 2. The second-order valence-corrected chi connectivity index (χ2v) is 4.94. The van der Waals surface area contributed by atoms with E-state index in [1.54, 1.807) is 0 Å². The molecule has 0 bridgehead atoms. The largest absolute Gasteiger partial charge is 0.370 e. The molecule has 0 heterocycles. The van der Waals surface area contributed by atoms with E-state index in [0.717, 1.165) is 12.1 Å². The zero-order chi connectivity index (χ0) is 16.7. The predicted octanol–water partition coefficient (Wildman–Crippen LogP) is 2.75. The Morgan fingerprint density at radius 1 is 1.13 bits per heavy atom. The number of carbonyl (C=O) groups is 1. The van der Waals surface area contributed by atoms with Crippen molar-refractivity contribution in [3.8, 4) is 0 Å². The lowest BCUT2D eigenvalue weighted by Crippen LogP contribution is -2.25. The first-order valence-electron chi connectivity index (χ1n) is 7.28. The number of carbonyl (C=O) groups excluding carboxylic acids is 1. The van der Waals surface area contributed by atoms with Gasteiger partial charge < -0.3 is 16.4 Å². The van der Waals surface area contributed by atoms with Gasteiger partial charge in [-0.15, -0.1) is 0 Å². The van der Waals surface area contributed by atoms with Crippen LogP contribution in [-0.2, 0) is 11.2 Å². The molecule has 2 rings (SSSR count). The van der Waals surface area contributed by atoms with Gasteiger partial charge in [-0.25, -0.2) is 9.38 Å². The van der Waals surface area contributed by atoms with Crippen LogP contribution in [0.1, 0.15) is 12.5 Å². The van der Waals surface area contributed by atoms with Crippen molar-refractivity contribution in [1.29, 1.82) is 0 Å². The number of hydrogen-bond donors (Lipinski definition) is 3. The van der Waals surface area contributed by atoms with E-state index in [0.29, 0.717) is 5.69 Å². The van der Waals surface area contributed by atoms with Gasteiger partial charge in [0.25, 0.3) is 0 Å². The summed E-state index contributed by atoms with van der Waals surface area (Å²) in [5.74, 6) is -0.528. The number of nitrogens with zero attached hydrogens (tertiary/aromatic N) is 1. The van der Waals surface area contributed by atoms with E-state index in [4.69, 9.17) is 5.73 Å². The molecule has 0 saturated carbocycles. The summed E-state index contributed by atoms with van der Waals surface area (Å²) in [5.41, 5.74) is 8.28. The molecule has 0 spiro atoms. The number of aryl methyl sites for hydroxylation is 1. The SMILES string of the molecule is CCc1cccc(NC(N)=NCC(=O)Nc2ccc(F)cc2)c1. The van der Waals surface area contributed by atoms with Gasteiger partial charge in [-0.1, -0.05) is 19.1 Å². The van der Waals surface area contributed by atoms with Gasteiger partial charge in [-0.2, -0.15) is 0 Å². The minimum absolute atomic E-state index is 0.121. The van der Waals surface area contributed by atoms with Crippen LogP contribution < -0.4 is 16.4 Å². The molecule has 120 valence electrons. The Balaban J connectivity index is 1.88. The van der Waals surface area contributed by atoms with Crippen LogP contribution >= 0.6 is 0 Å². The van der Waals surface area contributed by atoms with E-state index in [1.807, 2.05) is 24.3 Å². The van der Waals surface area contributed by atoms with E-state index in [-0.39, 0.29) is 24.2 Å². The van der Waals surface area contributed by atoms with Crippen LogP contribution in [0.2, 0.25) is 0 Å². The minimum atomic E-state index is -0.358. The maximum absolute atomic E-state index is 12.8. The third-order valence-electron chi connectivity index (χ3n) is 3.13. The van der Waals surface area contributed by atoms with E-state index in [2.05, 4.69) is 22.5 Å². The summed E-state index contributed by atoms with van der Waals surface area (Å²) in [6.45, 7) is 1.94. The maximum atomic E-state index is 12.8. The molecular weight excluding hydrogens is 295 g/mol. The van der Waals surface area contributed by atoms with Crippen molar-refractivity contribution in [3.05, 3.63) is 59.9 Å². The van der Waals surface area contributed by atoms with Crippen LogP contribution in [0.5, 0.6) is 0 Å². The van der Waals surface area contributed by atoms with Crippen molar-refractivity contribution in [2.75, 3.05) is 17.2 Å². The first kappa shape index (κ1) is 16.5. The highest BCUT2D eigenvalue weighted by atomic mass is 19.1. The quantitative estimate of drug-likeness (QED) is 0.586. The standard InChI is InChI=1S/C17H19FN4O/c1-2-12-4-3-5-15(10-12)22-17(19)20-11-16(23)21-14-8-6-13(18)7-9-14/h3-10H,2,11H2,1H3,(H,21,23)(H3,19,20,22). The summed E-state index contributed by atoms with van der Waals surface area (Å²) in [6.07, 6.45) is 0.923. The Hall–Kier alpha value is -2.89. The van der Waals surface area contributed by atoms with E-state index >= 15 is 0 Å². The monoisotopic (exact) mass is 314 g/mol. The Morgan fingerprint density at radius 2 is 1.87 bits per heavy atom. The second-order valence-electron chi connectivity index (χ2n) is 4.94. The number of hydrogen-bond acceptors (Lipinski definition) is 2. The molecule has 1 amide bonds. The zero-order valence-corrected chi connectivity index (χ0v) is 12.8. The molecule has 0 aliphatic heterocycles. The molecule has 0 aromatic heterocycles. The van der Waals surface area contributed by atoms with Gasteiger partial charge in [0.05, 0.1) is 0 Å². The summed E-state index contributed by atoms with van der Waals surface area (Å²) in [6, 6.07) is 13.3. The van der Waals surface area contributed by atoms with Gasteiger partial charge in [0.1, 0.15) is 12.4 Å². The molecule has 0 saturated heterocycles. The highest BCUT2D eigenvalue weighted by Crippen LogP contribution is 2.11. The lowest BCUT2D eigenvalue weighted by Gasteiger charge is -2.07. The summed E-state index contributed by atoms with van der Waals surface area (Å²) < 4.78 is 12.8. The fourth-order valence-electron chi connectivity index (χ4n) is 1.95. The fraction of sp³-hybridized carbons (Fsp3) is 0.176. The van der Waals surface area contributed by atoms with Crippen molar-refractivity contribution in [3.63, 3.8) is 0 Å². The van der Waals surface area contributed by atoms with E-state index < -0.39 is 0 Å². The van der Waals surface area contributed by atoms with Crippen LogP contribution in [0.3, 0.4) is 0 Å². The Labute approximate surface area is 134 Å². The van der Waals surface area contributed by atoms with Gasteiger partial charge in [0, 0.05) is 11.4 Å². The summed E-state index contributed by atoms with van der Waals surface area (Å²) >= 11 is 0. The molecule has 0 aliphatic rings. The van der Waals surface area contributed by atoms with Crippen molar-refractivity contribution in [2.45, 2.75) is 13.3 Å². The zero-order valence-electron chi connectivity index (χ0n) is 12.8. The number of benzene rings is 2. The minimum Gasteiger partial charge on any atom is -0.370 e. The number of amides is 1. The summed E-state index contributed by atoms with van der Waals surface area (Å²) in [7, 11) is 0. The van der Waals surface area contributed by atoms with Crippen molar-refractivity contribution < 1.29 is 9.18 Å². The Kier molecular flexibility index (Phi) is 5.68. The van der Waals surface area contributed by atoms with E-state index in [1.165, 1.54) is 29.8 Å². The second kappa shape index (κ2) is 7.93. The van der Waals surface area contributed by atoms with Crippen molar-refractivity contribution in [1.82, 2.24) is 0 Å². The van der Waals surface area contributed by atoms with Crippen LogP contribution in [0.25, 0.3) is 0 Å². The van der Waals surface area contributed by atoms with Gasteiger partial charge in [-0.05, 0) is 48.4 Å². The molecule has 2 aromatic carbocycles. The normalized spacial score (nSPS) is 11.1. The highest BCUT2D eigenvalue weighted by Gasteiger charge is 2.02.